The molecular weight excluding hydrogens is 473 g/mol. The summed E-state index contributed by atoms with van der Waals surface area (Å²) in [4.78, 5) is 24.9. The van der Waals surface area contributed by atoms with Crippen LogP contribution in [0.15, 0.2) is 42.7 Å². The molecule has 0 bridgehead atoms. The van der Waals surface area contributed by atoms with Crippen LogP contribution in [0.25, 0.3) is 11.3 Å². The van der Waals surface area contributed by atoms with Crippen LogP contribution in [0.4, 0.5) is 5.69 Å². The summed E-state index contributed by atoms with van der Waals surface area (Å²) in [6.07, 6.45) is 4.13. The normalized spacial score (nSPS) is 14.3. The van der Waals surface area contributed by atoms with Crippen LogP contribution in [0, 0.1) is 6.92 Å². The predicted molar refractivity (Wildman–Crippen MR) is 137 cm³/mol. The zero-order valence-electron chi connectivity index (χ0n) is 19.4. The molecule has 0 spiro atoms. The van der Waals surface area contributed by atoms with Gasteiger partial charge in [0.2, 0.25) is 0 Å². The van der Waals surface area contributed by atoms with E-state index in [1.165, 1.54) is 0 Å². The number of carbonyl (C=O) groups is 1. The van der Waals surface area contributed by atoms with Crippen molar-refractivity contribution in [1.29, 1.82) is 0 Å². The fourth-order valence-electron chi connectivity index (χ4n) is 4.33. The number of piperazine rings is 1. The number of benzene rings is 1. The summed E-state index contributed by atoms with van der Waals surface area (Å²) in [5.41, 5.74) is 4.06. The van der Waals surface area contributed by atoms with Gasteiger partial charge in [-0.05, 0) is 38.1 Å². The van der Waals surface area contributed by atoms with Crippen molar-refractivity contribution in [2.45, 2.75) is 13.3 Å². The molecule has 1 saturated heterocycles. The average Bonchev–Trinajstić information content (AvgIpc) is 3.24. The smallest absolute Gasteiger partial charge is 0.253 e. The van der Waals surface area contributed by atoms with Crippen LogP contribution < -0.4 is 15.0 Å². The first kappa shape index (κ1) is 24.4. The monoisotopic (exact) mass is 501 g/mol. The third-order valence-corrected chi connectivity index (χ3v) is 6.58. The Morgan fingerprint density at radius 2 is 1.85 bits per heavy atom. The van der Waals surface area contributed by atoms with Gasteiger partial charge in [-0.15, -0.1) is 0 Å². The van der Waals surface area contributed by atoms with E-state index in [4.69, 9.17) is 27.9 Å². The maximum atomic E-state index is 12.9. The summed E-state index contributed by atoms with van der Waals surface area (Å²) >= 11 is 12.6. The van der Waals surface area contributed by atoms with Gasteiger partial charge in [-0.25, -0.2) is 0 Å². The van der Waals surface area contributed by atoms with Crippen LogP contribution in [-0.4, -0.2) is 67.2 Å². The number of rotatable bonds is 8. The molecule has 1 fully saturated rings. The summed E-state index contributed by atoms with van der Waals surface area (Å²) < 4.78 is 5.48. The van der Waals surface area contributed by atoms with Gasteiger partial charge in [0.15, 0.2) is 0 Å². The lowest BCUT2D eigenvalue weighted by Gasteiger charge is -2.36. The first-order chi connectivity index (χ1) is 16.5. The van der Waals surface area contributed by atoms with E-state index >= 15 is 0 Å². The molecule has 1 aliphatic heterocycles. The molecule has 0 saturated carbocycles. The Bertz CT molecular complexity index is 1120. The maximum Gasteiger partial charge on any atom is 0.253 e. The number of halogens is 2. The van der Waals surface area contributed by atoms with Gasteiger partial charge in [0, 0.05) is 56.4 Å². The van der Waals surface area contributed by atoms with Crippen molar-refractivity contribution >= 4 is 34.8 Å². The largest absolute Gasteiger partial charge is 0.496 e. The average molecular weight is 502 g/mol. The summed E-state index contributed by atoms with van der Waals surface area (Å²) in [5, 5.41) is 4.23. The Morgan fingerprint density at radius 3 is 2.56 bits per heavy atom. The molecule has 0 radical (unpaired) electrons. The number of methoxy groups -OCH3 is 1. The van der Waals surface area contributed by atoms with E-state index in [1.807, 2.05) is 37.3 Å². The number of aryl methyl sites for hydroxylation is 1. The van der Waals surface area contributed by atoms with Gasteiger partial charge >= 0.3 is 0 Å². The molecule has 180 valence electrons. The fourth-order valence-corrected chi connectivity index (χ4v) is 4.94. The molecular formula is C25H29Cl2N5O2. The molecule has 3 heterocycles. The van der Waals surface area contributed by atoms with Crippen molar-refractivity contribution in [3.8, 4) is 17.0 Å². The lowest BCUT2D eigenvalue weighted by molar-refractivity contribution is 0.0952. The van der Waals surface area contributed by atoms with Crippen LogP contribution >= 0.6 is 23.2 Å². The van der Waals surface area contributed by atoms with Gasteiger partial charge in [-0.1, -0.05) is 35.3 Å². The summed E-state index contributed by atoms with van der Waals surface area (Å²) in [6.45, 7) is 6.99. The zero-order chi connectivity index (χ0) is 24.1. The lowest BCUT2D eigenvalue weighted by atomic mass is 10.1. The number of nitrogens with one attached hydrogen (secondary N) is 2. The SMILES string of the molecule is COc1ccccc1-c1[nH]c(C)cc1C(=O)NCCCN1CCN(c2c(Cl)cncc2Cl)CC1. The number of anilines is 1. The summed E-state index contributed by atoms with van der Waals surface area (Å²) in [5.74, 6) is 0.643. The van der Waals surface area contributed by atoms with Crippen LogP contribution in [0.2, 0.25) is 10.0 Å². The van der Waals surface area contributed by atoms with Crippen LogP contribution in [0.1, 0.15) is 22.5 Å². The molecule has 4 rings (SSSR count). The Kier molecular flexibility index (Phi) is 7.98. The van der Waals surface area contributed by atoms with E-state index in [0.717, 1.165) is 67.5 Å². The highest BCUT2D eigenvalue weighted by Crippen LogP contribution is 2.33. The van der Waals surface area contributed by atoms with Crippen molar-refractivity contribution < 1.29 is 9.53 Å². The first-order valence-electron chi connectivity index (χ1n) is 11.4. The van der Waals surface area contributed by atoms with Crippen molar-refractivity contribution in [1.82, 2.24) is 20.2 Å². The Balaban J connectivity index is 1.27. The predicted octanol–water partition coefficient (Wildman–Crippen LogP) is 4.64. The molecule has 2 aromatic heterocycles. The topological polar surface area (TPSA) is 73.5 Å². The van der Waals surface area contributed by atoms with Gasteiger partial charge in [0.25, 0.3) is 5.91 Å². The Hall–Kier alpha value is -2.74. The van der Waals surface area contributed by atoms with E-state index in [1.54, 1.807) is 19.5 Å². The molecule has 34 heavy (non-hydrogen) atoms. The van der Waals surface area contributed by atoms with Crippen LogP contribution in [-0.2, 0) is 0 Å². The van der Waals surface area contributed by atoms with Gasteiger partial charge < -0.3 is 19.9 Å². The highest BCUT2D eigenvalue weighted by atomic mass is 35.5. The molecule has 1 aliphatic rings. The molecule has 0 aliphatic carbocycles. The number of ether oxygens (including phenoxy) is 1. The number of para-hydroxylation sites is 1. The number of hydrogen-bond donors (Lipinski definition) is 2. The molecule has 3 aromatic rings. The molecule has 7 nitrogen and oxygen atoms in total. The van der Waals surface area contributed by atoms with Gasteiger partial charge in [-0.3, -0.25) is 14.7 Å². The van der Waals surface area contributed by atoms with Gasteiger partial charge in [0.05, 0.1) is 34.1 Å². The number of carbonyl (C=O) groups excluding carboxylic acids is 1. The minimum atomic E-state index is -0.0861. The van der Waals surface area contributed by atoms with E-state index in [2.05, 4.69) is 25.1 Å². The number of nitrogens with zero attached hydrogens (tertiary/aromatic N) is 3. The first-order valence-corrected chi connectivity index (χ1v) is 12.1. The second-order valence-corrected chi connectivity index (χ2v) is 9.15. The number of amides is 1. The van der Waals surface area contributed by atoms with E-state index in [9.17, 15) is 4.79 Å². The lowest BCUT2D eigenvalue weighted by Crippen LogP contribution is -2.47. The van der Waals surface area contributed by atoms with E-state index in [-0.39, 0.29) is 5.91 Å². The molecule has 0 atom stereocenters. The van der Waals surface area contributed by atoms with Gasteiger partial charge in [0.1, 0.15) is 5.75 Å². The number of H-pyrrole nitrogens is 1. The summed E-state index contributed by atoms with van der Waals surface area (Å²) in [7, 11) is 1.63. The van der Waals surface area contributed by atoms with Crippen LogP contribution in [0.5, 0.6) is 5.75 Å². The second kappa shape index (κ2) is 11.1. The molecule has 2 N–H and O–H groups in total. The Labute approximate surface area is 210 Å². The van der Waals surface area contributed by atoms with Crippen molar-refractivity contribution in [2.24, 2.45) is 0 Å². The van der Waals surface area contributed by atoms with Crippen molar-refractivity contribution in [2.75, 3.05) is 51.3 Å². The van der Waals surface area contributed by atoms with Crippen molar-refractivity contribution in [3.63, 3.8) is 0 Å². The molecule has 1 aromatic carbocycles. The molecule has 0 unspecified atom stereocenters. The second-order valence-electron chi connectivity index (χ2n) is 8.33. The number of aromatic amines is 1. The highest BCUT2D eigenvalue weighted by Gasteiger charge is 2.21. The third-order valence-electron chi connectivity index (χ3n) is 6.03. The van der Waals surface area contributed by atoms with E-state index in [0.29, 0.717) is 22.2 Å². The highest BCUT2D eigenvalue weighted by molar-refractivity contribution is 6.38. The minimum absolute atomic E-state index is 0.0861. The number of aromatic nitrogens is 2. The minimum Gasteiger partial charge on any atom is -0.496 e. The van der Waals surface area contributed by atoms with Gasteiger partial charge in [-0.2, -0.15) is 0 Å². The number of hydrogen-bond acceptors (Lipinski definition) is 5. The molecule has 9 heteroatoms. The standard InChI is InChI=1S/C25H29Cl2N5O2/c1-17-14-19(23(30-17)18-6-3-4-7-22(18)34-2)25(33)29-8-5-9-31-10-12-32(13-11-31)24-20(26)15-28-16-21(24)27/h3-4,6-7,14-16,30H,5,8-13H2,1-2H3,(H,29,33). The maximum absolute atomic E-state index is 12.9. The van der Waals surface area contributed by atoms with Crippen molar-refractivity contribution in [3.05, 3.63) is 64.0 Å². The molecule has 1 amide bonds. The third kappa shape index (κ3) is 5.49. The zero-order valence-corrected chi connectivity index (χ0v) is 20.9. The summed E-state index contributed by atoms with van der Waals surface area (Å²) in [6, 6.07) is 9.58. The fraction of sp³-hybridized carbons (Fsp3) is 0.360. The number of pyridine rings is 1. The van der Waals surface area contributed by atoms with Crippen LogP contribution in [0.3, 0.4) is 0 Å². The Morgan fingerprint density at radius 1 is 1.15 bits per heavy atom. The quantitative estimate of drug-likeness (QED) is 0.439. The van der Waals surface area contributed by atoms with E-state index < -0.39 is 0 Å².